The molecule has 0 aliphatic rings. The molecule has 136 valence electrons. The van der Waals surface area contributed by atoms with Crippen LogP contribution in [0.15, 0.2) is 30.3 Å². The van der Waals surface area contributed by atoms with Gasteiger partial charge < -0.3 is 10.2 Å². The van der Waals surface area contributed by atoms with Gasteiger partial charge in [-0.25, -0.2) is 15.0 Å². The Morgan fingerprint density at radius 1 is 0.962 bits per heavy atom. The van der Waals surface area contributed by atoms with E-state index in [4.69, 9.17) is 0 Å². The summed E-state index contributed by atoms with van der Waals surface area (Å²) in [7, 11) is 4.14. The molecule has 0 unspecified atom stereocenters. The van der Waals surface area contributed by atoms with Crippen molar-refractivity contribution in [1.82, 2.24) is 24.8 Å². The number of aryl methyl sites for hydroxylation is 2. The van der Waals surface area contributed by atoms with Crippen LogP contribution in [0.5, 0.6) is 0 Å². The fourth-order valence-corrected chi connectivity index (χ4v) is 2.72. The minimum Gasteiger partial charge on any atom is -0.370 e. The fraction of sp³-hybridized carbons (Fsp3) is 0.368. The predicted molar refractivity (Wildman–Crippen MR) is 106 cm³/mol. The van der Waals surface area contributed by atoms with E-state index < -0.39 is 0 Å². The summed E-state index contributed by atoms with van der Waals surface area (Å²) in [5, 5.41) is 7.53. The summed E-state index contributed by atoms with van der Waals surface area (Å²) in [6.45, 7) is 5.82. The predicted octanol–water partition coefficient (Wildman–Crippen LogP) is 3.14. The van der Waals surface area contributed by atoms with Crippen LogP contribution in [-0.2, 0) is 0 Å². The maximum atomic E-state index is 4.56. The van der Waals surface area contributed by atoms with Crippen molar-refractivity contribution in [3.05, 3.63) is 41.7 Å². The van der Waals surface area contributed by atoms with Crippen molar-refractivity contribution in [2.75, 3.05) is 37.8 Å². The first-order chi connectivity index (χ1) is 12.5. The molecule has 1 aromatic carbocycles. The molecule has 0 spiro atoms. The number of aromatic nitrogens is 4. The van der Waals surface area contributed by atoms with Gasteiger partial charge in [0.25, 0.3) is 0 Å². The Morgan fingerprint density at radius 3 is 2.54 bits per heavy atom. The molecule has 0 fully saturated rings. The van der Waals surface area contributed by atoms with E-state index in [2.05, 4.69) is 49.6 Å². The van der Waals surface area contributed by atoms with Gasteiger partial charge in [-0.1, -0.05) is 18.2 Å². The third-order valence-electron chi connectivity index (χ3n) is 3.96. The Kier molecular flexibility index (Phi) is 5.58. The second-order valence-electron chi connectivity index (χ2n) is 6.58. The lowest BCUT2D eigenvalue weighted by Crippen LogP contribution is -2.17. The number of benzene rings is 1. The van der Waals surface area contributed by atoms with E-state index in [1.165, 1.54) is 0 Å². The van der Waals surface area contributed by atoms with Crippen molar-refractivity contribution in [3.63, 3.8) is 0 Å². The van der Waals surface area contributed by atoms with Gasteiger partial charge in [-0.05, 0) is 47.0 Å². The number of nitrogens with zero attached hydrogens (tertiary/aromatic N) is 5. The van der Waals surface area contributed by atoms with Gasteiger partial charge in [-0.2, -0.15) is 4.98 Å². The molecule has 0 aliphatic heterocycles. The highest BCUT2D eigenvalue weighted by atomic mass is 15.2. The van der Waals surface area contributed by atoms with Gasteiger partial charge in [-0.15, -0.1) is 0 Å². The van der Waals surface area contributed by atoms with Crippen molar-refractivity contribution in [3.8, 4) is 0 Å². The molecular weight excluding hydrogens is 326 g/mol. The standard InChI is InChI=1S/C19H25N7/c1-13-12-17(20-10-7-11-26(3)4)24-18(21-13)25-19-22-14(2)15-8-5-6-9-16(15)23-19/h5-6,8-9,12H,7,10-11H2,1-4H3,(H2,20,21,22,23,24,25). The first-order valence-corrected chi connectivity index (χ1v) is 8.76. The third kappa shape index (κ3) is 4.64. The Morgan fingerprint density at radius 2 is 1.73 bits per heavy atom. The number of anilines is 3. The average molecular weight is 351 g/mol. The second kappa shape index (κ2) is 8.05. The highest BCUT2D eigenvalue weighted by Gasteiger charge is 2.07. The van der Waals surface area contributed by atoms with Crippen LogP contribution in [0.4, 0.5) is 17.7 Å². The van der Waals surface area contributed by atoms with Crippen LogP contribution in [0.25, 0.3) is 10.9 Å². The molecule has 0 saturated carbocycles. The Labute approximate surface area is 153 Å². The molecule has 2 heterocycles. The van der Waals surface area contributed by atoms with Crippen LogP contribution in [0.2, 0.25) is 0 Å². The number of rotatable bonds is 7. The maximum absolute atomic E-state index is 4.56. The van der Waals surface area contributed by atoms with Gasteiger partial charge in [0.1, 0.15) is 5.82 Å². The zero-order valence-corrected chi connectivity index (χ0v) is 15.7. The van der Waals surface area contributed by atoms with Crippen molar-refractivity contribution in [2.24, 2.45) is 0 Å². The van der Waals surface area contributed by atoms with Crippen LogP contribution in [0.1, 0.15) is 17.8 Å². The molecule has 7 nitrogen and oxygen atoms in total. The molecule has 0 aliphatic carbocycles. The lowest BCUT2D eigenvalue weighted by molar-refractivity contribution is 0.405. The van der Waals surface area contributed by atoms with E-state index >= 15 is 0 Å². The van der Waals surface area contributed by atoms with Crippen LogP contribution in [-0.4, -0.2) is 52.0 Å². The number of fused-ring (bicyclic) bond motifs is 1. The number of hydrogen-bond donors (Lipinski definition) is 2. The van der Waals surface area contributed by atoms with Gasteiger partial charge in [0, 0.05) is 23.7 Å². The summed E-state index contributed by atoms with van der Waals surface area (Å²) in [4.78, 5) is 20.2. The first-order valence-electron chi connectivity index (χ1n) is 8.76. The molecular formula is C19H25N7. The maximum Gasteiger partial charge on any atom is 0.231 e. The molecule has 7 heteroatoms. The molecule has 0 amide bonds. The van der Waals surface area contributed by atoms with Crippen molar-refractivity contribution < 1.29 is 0 Å². The highest BCUT2D eigenvalue weighted by Crippen LogP contribution is 2.19. The van der Waals surface area contributed by atoms with Crippen molar-refractivity contribution in [2.45, 2.75) is 20.3 Å². The quantitative estimate of drug-likeness (QED) is 0.633. The summed E-state index contributed by atoms with van der Waals surface area (Å²) in [5.74, 6) is 1.80. The Bertz CT molecular complexity index is 892. The summed E-state index contributed by atoms with van der Waals surface area (Å²) >= 11 is 0. The highest BCUT2D eigenvalue weighted by molar-refractivity contribution is 5.81. The smallest absolute Gasteiger partial charge is 0.231 e. The third-order valence-corrected chi connectivity index (χ3v) is 3.96. The van der Waals surface area contributed by atoms with E-state index in [1.54, 1.807) is 0 Å². The normalized spacial score (nSPS) is 11.1. The molecule has 0 atom stereocenters. The average Bonchev–Trinajstić information content (AvgIpc) is 2.58. The van der Waals surface area contributed by atoms with Gasteiger partial charge in [0.2, 0.25) is 11.9 Å². The monoisotopic (exact) mass is 351 g/mol. The van der Waals surface area contributed by atoms with Gasteiger partial charge in [0.05, 0.1) is 11.2 Å². The summed E-state index contributed by atoms with van der Waals surface area (Å²) in [6, 6.07) is 9.89. The molecule has 3 rings (SSSR count). The van der Waals surface area contributed by atoms with Crippen molar-refractivity contribution >= 4 is 28.6 Å². The van der Waals surface area contributed by atoms with Gasteiger partial charge in [0.15, 0.2) is 0 Å². The molecule has 0 bridgehead atoms. The largest absolute Gasteiger partial charge is 0.370 e. The van der Waals surface area contributed by atoms with E-state index in [9.17, 15) is 0 Å². The van der Waals surface area contributed by atoms with Crippen LogP contribution in [0, 0.1) is 13.8 Å². The minimum atomic E-state index is 0.495. The van der Waals surface area contributed by atoms with E-state index in [-0.39, 0.29) is 0 Å². The SMILES string of the molecule is Cc1cc(NCCCN(C)C)nc(Nc2nc(C)c3ccccc3n2)n1. The van der Waals surface area contributed by atoms with E-state index in [0.29, 0.717) is 11.9 Å². The summed E-state index contributed by atoms with van der Waals surface area (Å²) < 4.78 is 0. The lowest BCUT2D eigenvalue weighted by Gasteiger charge is -2.12. The van der Waals surface area contributed by atoms with Crippen LogP contribution >= 0.6 is 0 Å². The Hall–Kier alpha value is -2.80. The molecule has 2 aromatic heterocycles. The molecule has 2 N–H and O–H groups in total. The number of para-hydroxylation sites is 1. The molecule has 26 heavy (non-hydrogen) atoms. The van der Waals surface area contributed by atoms with E-state index in [1.807, 2.05) is 44.2 Å². The lowest BCUT2D eigenvalue weighted by atomic mass is 10.2. The zero-order valence-electron chi connectivity index (χ0n) is 15.7. The number of hydrogen-bond acceptors (Lipinski definition) is 7. The molecule has 0 radical (unpaired) electrons. The first kappa shape index (κ1) is 18.0. The second-order valence-corrected chi connectivity index (χ2v) is 6.58. The zero-order chi connectivity index (χ0) is 18.5. The topological polar surface area (TPSA) is 78.9 Å². The molecule has 3 aromatic rings. The fourth-order valence-electron chi connectivity index (χ4n) is 2.72. The van der Waals surface area contributed by atoms with Gasteiger partial charge >= 0.3 is 0 Å². The minimum absolute atomic E-state index is 0.495. The summed E-state index contributed by atoms with van der Waals surface area (Å²) in [6.07, 6.45) is 1.05. The van der Waals surface area contributed by atoms with Crippen LogP contribution < -0.4 is 10.6 Å². The van der Waals surface area contributed by atoms with Gasteiger partial charge in [-0.3, -0.25) is 5.32 Å². The Balaban J connectivity index is 1.75. The number of nitrogens with one attached hydrogen (secondary N) is 2. The van der Waals surface area contributed by atoms with Crippen LogP contribution in [0.3, 0.4) is 0 Å². The van der Waals surface area contributed by atoms with E-state index in [0.717, 1.165) is 47.6 Å². The molecule has 0 saturated heterocycles. The summed E-state index contributed by atoms with van der Waals surface area (Å²) in [5.41, 5.74) is 2.71. The van der Waals surface area contributed by atoms with Crippen molar-refractivity contribution in [1.29, 1.82) is 0 Å².